The number of ether oxygens (including phenoxy) is 1. The molecule has 2 fully saturated rings. The Morgan fingerprint density at radius 2 is 1.94 bits per heavy atom. The molecule has 0 aliphatic carbocycles. The fourth-order valence-electron chi connectivity index (χ4n) is 3.91. The van der Waals surface area contributed by atoms with Crippen molar-refractivity contribution in [1.82, 2.24) is 4.90 Å². The number of nitrogens with zero attached hydrogens (tertiary/aromatic N) is 2. The lowest BCUT2D eigenvalue weighted by Crippen LogP contribution is -2.38. The highest BCUT2D eigenvalue weighted by Gasteiger charge is 2.40. The molecule has 31 heavy (non-hydrogen) atoms. The van der Waals surface area contributed by atoms with E-state index in [0.717, 1.165) is 42.0 Å². The second-order valence-corrected chi connectivity index (χ2v) is 9.22. The molecule has 0 radical (unpaired) electrons. The van der Waals surface area contributed by atoms with E-state index in [-0.39, 0.29) is 24.3 Å². The minimum absolute atomic E-state index is 0.0193. The van der Waals surface area contributed by atoms with E-state index in [1.54, 1.807) is 4.90 Å². The summed E-state index contributed by atoms with van der Waals surface area (Å²) in [4.78, 5) is 32.3. The lowest BCUT2D eigenvalue weighted by atomic mass is 10.1. The summed E-state index contributed by atoms with van der Waals surface area (Å²) in [5.74, 6) is -0.256. The number of anilines is 1. The van der Waals surface area contributed by atoms with Gasteiger partial charge in [-0.25, -0.2) is 4.99 Å². The van der Waals surface area contributed by atoms with Gasteiger partial charge in [-0.1, -0.05) is 36.0 Å². The molecule has 2 heterocycles. The topological polar surface area (TPSA) is 71.0 Å². The number of rotatable bonds is 6. The second kappa shape index (κ2) is 9.66. The van der Waals surface area contributed by atoms with Crippen LogP contribution in [0.25, 0.3) is 0 Å². The van der Waals surface area contributed by atoms with E-state index < -0.39 is 5.25 Å². The van der Waals surface area contributed by atoms with Crippen molar-refractivity contribution in [2.45, 2.75) is 44.5 Å². The van der Waals surface area contributed by atoms with Gasteiger partial charge >= 0.3 is 0 Å². The SMILES string of the molecule is Cc1cc(C)cc(N=C2S[C@H](CC(=O)Nc3ccccc3)C(=O)N2C[C@H]2CCCO2)c1. The third-order valence-electron chi connectivity index (χ3n) is 5.29. The average molecular weight is 438 g/mol. The fourth-order valence-corrected chi connectivity index (χ4v) is 5.08. The molecule has 2 amide bonds. The van der Waals surface area contributed by atoms with Crippen LogP contribution < -0.4 is 5.32 Å². The van der Waals surface area contributed by atoms with Crippen LogP contribution in [0.5, 0.6) is 0 Å². The molecule has 2 aromatic carbocycles. The highest BCUT2D eigenvalue weighted by molar-refractivity contribution is 8.15. The predicted octanol–water partition coefficient (Wildman–Crippen LogP) is 4.44. The largest absolute Gasteiger partial charge is 0.376 e. The molecule has 0 bridgehead atoms. The van der Waals surface area contributed by atoms with Crippen molar-refractivity contribution < 1.29 is 14.3 Å². The van der Waals surface area contributed by atoms with Crippen LogP contribution in [-0.2, 0) is 14.3 Å². The van der Waals surface area contributed by atoms with Crippen LogP contribution >= 0.6 is 11.8 Å². The Morgan fingerprint density at radius 1 is 1.19 bits per heavy atom. The van der Waals surface area contributed by atoms with Gasteiger partial charge in [0.1, 0.15) is 5.25 Å². The molecule has 1 N–H and O–H groups in total. The first-order valence-electron chi connectivity index (χ1n) is 10.6. The fraction of sp³-hybridized carbons (Fsp3) is 0.375. The van der Waals surface area contributed by atoms with Crippen molar-refractivity contribution in [2.24, 2.45) is 4.99 Å². The van der Waals surface area contributed by atoms with Crippen LogP contribution in [0.1, 0.15) is 30.4 Å². The number of aliphatic imine (C=N–C) groups is 1. The highest BCUT2D eigenvalue weighted by Crippen LogP contribution is 2.33. The summed E-state index contributed by atoms with van der Waals surface area (Å²) in [6, 6.07) is 15.4. The van der Waals surface area contributed by atoms with Crippen LogP contribution in [-0.4, -0.2) is 46.4 Å². The zero-order chi connectivity index (χ0) is 21.8. The van der Waals surface area contributed by atoms with Gasteiger partial charge in [0.15, 0.2) is 5.17 Å². The number of carbonyl (C=O) groups is 2. The molecule has 6 nitrogen and oxygen atoms in total. The first kappa shape index (κ1) is 21.6. The first-order chi connectivity index (χ1) is 15.0. The van der Waals surface area contributed by atoms with Crippen molar-refractivity contribution in [3.63, 3.8) is 0 Å². The van der Waals surface area contributed by atoms with Gasteiger partial charge in [0.2, 0.25) is 11.8 Å². The zero-order valence-corrected chi connectivity index (χ0v) is 18.7. The van der Waals surface area contributed by atoms with E-state index in [4.69, 9.17) is 9.73 Å². The van der Waals surface area contributed by atoms with E-state index in [2.05, 4.69) is 11.4 Å². The minimum atomic E-state index is -0.491. The molecule has 2 atom stereocenters. The van der Waals surface area contributed by atoms with Gasteiger partial charge in [-0.3, -0.25) is 14.5 Å². The normalized spacial score (nSPS) is 22.3. The van der Waals surface area contributed by atoms with Gasteiger partial charge in [0, 0.05) is 18.7 Å². The number of amidine groups is 1. The maximum Gasteiger partial charge on any atom is 0.242 e. The van der Waals surface area contributed by atoms with Gasteiger partial charge in [-0.05, 0) is 62.1 Å². The summed E-state index contributed by atoms with van der Waals surface area (Å²) in [5, 5.41) is 3.02. The number of hydrogen-bond acceptors (Lipinski definition) is 5. The molecule has 0 saturated carbocycles. The van der Waals surface area contributed by atoms with Crippen LogP contribution in [0, 0.1) is 13.8 Å². The summed E-state index contributed by atoms with van der Waals surface area (Å²) in [7, 11) is 0. The maximum absolute atomic E-state index is 13.2. The molecule has 7 heteroatoms. The Bertz CT molecular complexity index is 967. The first-order valence-corrected chi connectivity index (χ1v) is 11.5. The molecule has 2 aliphatic rings. The van der Waals surface area contributed by atoms with Gasteiger partial charge in [-0.15, -0.1) is 0 Å². The Kier molecular flexibility index (Phi) is 6.73. The molecular weight excluding hydrogens is 410 g/mol. The van der Waals surface area contributed by atoms with Crippen molar-refractivity contribution in [3.05, 3.63) is 59.7 Å². The second-order valence-electron chi connectivity index (χ2n) is 8.05. The number of nitrogens with one attached hydrogen (secondary N) is 1. The lowest BCUT2D eigenvalue weighted by molar-refractivity contribution is -0.129. The van der Waals surface area contributed by atoms with Crippen molar-refractivity contribution in [2.75, 3.05) is 18.5 Å². The number of para-hydroxylation sites is 1. The molecule has 2 aromatic rings. The Labute approximate surface area is 187 Å². The molecule has 162 valence electrons. The number of thioether (sulfide) groups is 1. The van der Waals surface area contributed by atoms with E-state index in [9.17, 15) is 9.59 Å². The zero-order valence-electron chi connectivity index (χ0n) is 17.8. The third kappa shape index (κ3) is 5.54. The minimum Gasteiger partial charge on any atom is -0.376 e. The van der Waals surface area contributed by atoms with Crippen LogP contribution in [0.4, 0.5) is 11.4 Å². The summed E-state index contributed by atoms with van der Waals surface area (Å²) < 4.78 is 5.76. The van der Waals surface area contributed by atoms with Crippen molar-refractivity contribution in [3.8, 4) is 0 Å². The monoisotopic (exact) mass is 437 g/mol. The third-order valence-corrected chi connectivity index (χ3v) is 6.47. The number of hydrogen-bond donors (Lipinski definition) is 1. The molecule has 2 aliphatic heterocycles. The summed E-state index contributed by atoms with van der Waals surface area (Å²) in [6.07, 6.45) is 2.06. The van der Waals surface area contributed by atoms with E-state index >= 15 is 0 Å². The number of benzene rings is 2. The maximum atomic E-state index is 13.2. The standard InChI is InChI=1S/C24H27N3O3S/c1-16-11-17(2)13-19(12-16)26-24-27(15-20-9-6-10-30-20)23(29)21(31-24)14-22(28)25-18-7-4-3-5-8-18/h3-5,7-8,11-13,20-21H,6,9-10,14-15H2,1-2H3,(H,25,28)/t20-,21-/m1/s1. The lowest BCUT2D eigenvalue weighted by Gasteiger charge is -2.20. The smallest absolute Gasteiger partial charge is 0.242 e. The van der Waals surface area contributed by atoms with E-state index in [1.807, 2.05) is 56.3 Å². The van der Waals surface area contributed by atoms with Crippen LogP contribution in [0.2, 0.25) is 0 Å². The molecule has 0 spiro atoms. The van der Waals surface area contributed by atoms with E-state index in [0.29, 0.717) is 11.7 Å². The predicted molar refractivity (Wildman–Crippen MR) is 125 cm³/mol. The van der Waals surface area contributed by atoms with Gasteiger partial charge in [-0.2, -0.15) is 0 Å². The van der Waals surface area contributed by atoms with Gasteiger partial charge < -0.3 is 10.1 Å². The van der Waals surface area contributed by atoms with Crippen LogP contribution in [0.3, 0.4) is 0 Å². The van der Waals surface area contributed by atoms with Crippen molar-refractivity contribution in [1.29, 1.82) is 0 Å². The average Bonchev–Trinajstić information content (AvgIpc) is 3.32. The molecule has 2 saturated heterocycles. The number of aryl methyl sites for hydroxylation is 2. The quantitative estimate of drug-likeness (QED) is 0.725. The Morgan fingerprint density at radius 3 is 2.61 bits per heavy atom. The van der Waals surface area contributed by atoms with Gasteiger partial charge in [0.05, 0.1) is 18.3 Å². The summed E-state index contributed by atoms with van der Waals surface area (Å²) in [6.45, 7) is 5.27. The Hall–Kier alpha value is -2.64. The molecule has 0 unspecified atom stereocenters. The molecule has 0 aromatic heterocycles. The van der Waals surface area contributed by atoms with E-state index in [1.165, 1.54) is 11.8 Å². The van der Waals surface area contributed by atoms with Crippen LogP contribution in [0.15, 0.2) is 53.5 Å². The summed E-state index contributed by atoms with van der Waals surface area (Å²) in [5.41, 5.74) is 3.79. The number of carbonyl (C=O) groups excluding carboxylic acids is 2. The highest BCUT2D eigenvalue weighted by atomic mass is 32.2. The number of amides is 2. The Balaban J connectivity index is 1.53. The molecule has 4 rings (SSSR count). The molecular formula is C24H27N3O3S. The summed E-state index contributed by atoms with van der Waals surface area (Å²) >= 11 is 1.37. The van der Waals surface area contributed by atoms with Crippen molar-refractivity contribution >= 4 is 40.1 Å². The van der Waals surface area contributed by atoms with Gasteiger partial charge in [0.25, 0.3) is 0 Å².